The molecule has 2 aromatic rings. The Hall–Kier alpha value is -0.850. The van der Waals surface area contributed by atoms with Crippen molar-refractivity contribution in [1.82, 2.24) is 9.97 Å². The lowest BCUT2D eigenvalue weighted by atomic mass is 10.3. The molecule has 0 saturated heterocycles. The summed E-state index contributed by atoms with van der Waals surface area (Å²) in [6.07, 6.45) is 0.945. The van der Waals surface area contributed by atoms with Gasteiger partial charge in [0.15, 0.2) is 0 Å². The minimum atomic E-state index is -0.249. The number of aryl methyl sites for hydroxylation is 1. The molecule has 7 heteroatoms. The molecule has 0 aromatic carbocycles. The number of fused-ring (bicyclic) bond motifs is 1. The maximum absolute atomic E-state index is 11.4. The molecule has 0 bridgehead atoms. The van der Waals surface area contributed by atoms with Gasteiger partial charge in [-0.2, -0.15) is 0 Å². The third kappa shape index (κ3) is 3.58. The normalized spacial score (nSPS) is 10.9. The zero-order valence-corrected chi connectivity index (χ0v) is 13.0. The molecule has 19 heavy (non-hydrogen) atoms. The fourth-order valence-electron chi connectivity index (χ4n) is 1.53. The van der Waals surface area contributed by atoms with Crippen molar-refractivity contribution >= 4 is 50.9 Å². The fraction of sp³-hybridized carbons (Fsp3) is 0.417. The third-order valence-corrected chi connectivity index (χ3v) is 4.67. The predicted octanol–water partition coefficient (Wildman–Crippen LogP) is 3.56. The van der Waals surface area contributed by atoms with Crippen LogP contribution in [-0.2, 0) is 16.0 Å². The lowest BCUT2D eigenvalue weighted by Crippen LogP contribution is -2.06. The van der Waals surface area contributed by atoms with Gasteiger partial charge >= 0.3 is 5.97 Å². The number of hydrogen-bond acceptors (Lipinski definition) is 6. The molecule has 0 spiro atoms. The molecule has 2 rings (SSSR count). The van der Waals surface area contributed by atoms with Gasteiger partial charge in [0.2, 0.25) is 5.28 Å². The van der Waals surface area contributed by atoms with Gasteiger partial charge in [-0.3, -0.25) is 4.79 Å². The molecule has 0 saturated carbocycles. The van der Waals surface area contributed by atoms with Crippen LogP contribution in [0.5, 0.6) is 0 Å². The van der Waals surface area contributed by atoms with E-state index in [1.165, 1.54) is 16.6 Å². The van der Waals surface area contributed by atoms with Crippen molar-refractivity contribution in [2.75, 3.05) is 12.4 Å². The quantitative estimate of drug-likeness (QED) is 0.365. The van der Waals surface area contributed by atoms with Crippen molar-refractivity contribution in [3.8, 4) is 0 Å². The van der Waals surface area contributed by atoms with Crippen molar-refractivity contribution in [3.63, 3.8) is 0 Å². The highest BCUT2D eigenvalue weighted by Gasteiger charge is 2.13. The molecule has 0 radical (unpaired) electrons. The number of aromatic nitrogens is 2. The van der Waals surface area contributed by atoms with Crippen LogP contribution in [0.25, 0.3) is 10.2 Å². The number of rotatable bonds is 5. The first-order valence-electron chi connectivity index (χ1n) is 5.88. The Morgan fingerprint density at radius 1 is 1.47 bits per heavy atom. The number of thioether (sulfide) groups is 1. The van der Waals surface area contributed by atoms with Crippen LogP contribution in [0.4, 0.5) is 0 Å². The summed E-state index contributed by atoms with van der Waals surface area (Å²) in [7, 11) is 0. The van der Waals surface area contributed by atoms with E-state index < -0.39 is 0 Å². The summed E-state index contributed by atoms with van der Waals surface area (Å²) in [5.41, 5.74) is 0. The minimum absolute atomic E-state index is 0.211. The Kier molecular flexibility index (Phi) is 5.01. The smallest absolute Gasteiger partial charge is 0.316 e. The molecule has 0 aliphatic heterocycles. The number of hydrogen-bond donors (Lipinski definition) is 0. The summed E-state index contributed by atoms with van der Waals surface area (Å²) in [5.74, 6) is -0.0190. The average molecular weight is 317 g/mol. The first-order chi connectivity index (χ1) is 9.13. The molecule has 0 fully saturated rings. The number of carbonyl (C=O) groups excluding carboxylic acids is 1. The average Bonchev–Trinajstić information content (AvgIpc) is 2.79. The molecule has 2 aromatic heterocycles. The van der Waals surface area contributed by atoms with Crippen molar-refractivity contribution < 1.29 is 9.53 Å². The maximum atomic E-state index is 11.4. The molecule has 2 heterocycles. The van der Waals surface area contributed by atoms with E-state index in [4.69, 9.17) is 16.3 Å². The number of nitrogens with zero attached hydrogens (tertiary/aromatic N) is 2. The molecule has 0 amide bonds. The number of carbonyl (C=O) groups is 1. The van der Waals surface area contributed by atoms with Crippen LogP contribution in [-0.4, -0.2) is 28.3 Å². The first kappa shape index (κ1) is 14.6. The van der Waals surface area contributed by atoms with Crippen LogP contribution >= 0.6 is 34.7 Å². The number of ether oxygens (including phenoxy) is 1. The van der Waals surface area contributed by atoms with E-state index in [-0.39, 0.29) is 17.0 Å². The van der Waals surface area contributed by atoms with E-state index in [2.05, 4.69) is 23.0 Å². The molecule has 0 aliphatic rings. The minimum Gasteiger partial charge on any atom is -0.465 e. The molecule has 4 nitrogen and oxygen atoms in total. The van der Waals surface area contributed by atoms with E-state index in [0.29, 0.717) is 6.61 Å². The van der Waals surface area contributed by atoms with Gasteiger partial charge in [-0.05, 0) is 31.0 Å². The van der Waals surface area contributed by atoms with Gasteiger partial charge in [-0.15, -0.1) is 11.3 Å². The van der Waals surface area contributed by atoms with E-state index in [1.807, 2.05) is 0 Å². The van der Waals surface area contributed by atoms with E-state index in [9.17, 15) is 4.79 Å². The topological polar surface area (TPSA) is 52.1 Å². The lowest BCUT2D eigenvalue weighted by Gasteiger charge is -2.03. The zero-order chi connectivity index (χ0) is 13.8. The van der Waals surface area contributed by atoms with Crippen LogP contribution in [0.3, 0.4) is 0 Å². The van der Waals surface area contributed by atoms with Crippen LogP contribution < -0.4 is 0 Å². The van der Waals surface area contributed by atoms with Crippen molar-refractivity contribution in [2.24, 2.45) is 0 Å². The first-order valence-corrected chi connectivity index (χ1v) is 8.06. The van der Waals surface area contributed by atoms with Gasteiger partial charge in [0.25, 0.3) is 0 Å². The summed E-state index contributed by atoms with van der Waals surface area (Å²) in [4.78, 5) is 21.9. The summed E-state index contributed by atoms with van der Waals surface area (Å²) < 4.78 is 4.90. The van der Waals surface area contributed by atoms with E-state index >= 15 is 0 Å². The van der Waals surface area contributed by atoms with Crippen molar-refractivity contribution in [3.05, 3.63) is 16.2 Å². The van der Waals surface area contributed by atoms with Gasteiger partial charge in [0, 0.05) is 10.3 Å². The highest BCUT2D eigenvalue weighted by Crippen LogP contribution is 2.32. The predicted molar refractivity (Wildman–Crippen MR) is 79.2 cm³/mol. The number of esters is 1. The zero-order valence-electron chi connectivity index (χ0n) is 10.6. The third-order valence-electron chi connectivity index (χ3n) is 2.36. The van der Waals surface area contributed by atoms with Gasteiger partial charge in [-0.1, -0.05) is 18.7 Å². The highest BCUT2D eigenvalue weighted by molar-refractivity contribution is 8.00. The summed E-state index contributed by atoms with van der Waals surface area (Å²) in [6, 6.07) is 2.06. The Morgan fingerprint density at radius 3 is 2.95 bits per heavy atom. The molecule has 0 unspecified atom stereocenters. The van der Waals surface area contributed by atoms with Crippen molar-refractivity contribution in [2.45, 2.75) is 25.3 Å². The highest BCUT2D eigenvalue weighted by atomic mass is 35.5. The van der Waals surface area contributed by atoms with Gasteiger partial charge in [-0.25, -0.2) is 9.97 Å². The van der Waals surface area contributed by atoms with Crippen LogP contribution in [0.15, 0.2) is 11.1 Å². The van der Waals surface area contributed by atoms with Gasteiger partial charge in [0.05, 0.1) is 12.4 Å². The molecule has 0 aliphatic carbocycles. The fourth-order valence-corrected chi connectivity index (χ4v) is 3.64. The molecule has 0 N–H and O–H groups in total. The Labute approximate surface area is 124 Å². The molecular weight excluding hydrogens is 304 g/mol. The Morgan fingerprint density at radius 2 is 2.26 bits per heavy atom. The van der Waals surface area contributed by atoms with Crippen molar-refractivity contribution in [1.29, 1.82) is 0 Å². The van der Waals surface area contributed by atoms with Gasteiger partial charge in [0.1, 0.15) is 9.86 Å². The van der Waals surface area contributed by atoms with Crippen LogP contribution in [0, 0.1) is 0 Å². The Balaban J connectivity index is 2.25. The summed E-state index contributed by atoms with van der Waals surface area (Å²) >= 11 is 8.85. The largest absolute Gasteiger partial charge is 0.465 e. The van der Waals surface area contributed by atoms with E-state index in [1.54, 1.807) is 18.3 Å². The second kappa shape index (κ2) is 6.54. The maximum Gasteiger partial charge on any atom is 0.316 e. The Bertz CT molecular complexity index is 601. The van der Waals surface area contributed by atoms with Crippen LogP contribution in [0.1, 0.15) is 18.7 Å². The number of halogens is 1. The summed E-state index contributed by atoms with van der Waals surface area (Å²) in [5, 5.41) is 1.91. The standard InChI is InChI=1S/C12H13ClN2O2S2/c1-3-7-5-8-10(18-6-9(16)17-4-2)14-12(13)15-11(8)19-7/h5H,3-4,6H2,1-2H3. The molecule has 102 valence electrons. The van der Waals surface area contributed by atoms with E-state index in [0.717, 1.165) is 21.7 Å². The van der Waals surface area contributed by atoms with Crippen LogP contribution in [0.2, 0.25) is 5.28 Å². The SMILES string of the molecule is CCOC(=O)CSc1nc(Cl)nc2sc(CC)cc12. The monoisotopic (exact) mass is 316 g/mol. The number of thiophene rings is 1. The molecule has 0 atom stereocenters. The van der Waals surface area contributed by atoms with Gasteiger partial charge < -0.3 is 4.74 Å². The second-order valence-corrected chi connectivity index (χ2v) is 6.09. The lowest BCUT2D eigenvalue weighted by molar-refractivity contribution is -0.139. The molecular formula is C12H13ClN2O2S2. The second-order valence-electron chi connectivity index (χ2n) is 3.68. The summed E-state index contributed by atoms with van der Waals surface area (Å²) in [6.45, 7) is 4.26.